The van der Waals surface area contributed by atoms with Gasteiger partial charge in [-0.25, -0.2) is 9.97 Å². The van der Waals surface area contributed by atoms with E-state index >= 15 is 0 Å². The number of nitrogens with one attached hydrogen (secondary N) is 1. The number of amides is 1. The van der Waals surface area contributed by atoms with Crippen molar-refractivity contribution >= 4 is 39.2 Å². The van der Waals surface area contributed by atoms with E-state index < -0.39 is 0 Å². The quantitative estimate of drug-likeness (QED) is 0.578. The van der Waals surface area contributed by atoms with Crippen molar-refractivity contribution in [3.05, 3.63) is 41.9 Å². The van der Waals surface area contributed by atoms with E-state index in [0.717, 1.165) is 21.0 Å². The Kier molecular flexibility index (Phi) is 4.21. The number of carbonyl (C=O) groups is 1. The molecule has 3 heterocycles. The van der Waals surface area contributed by atoms with Crippen LogP contribution in [-0.2, 0) is 11.3 Å². The monoisotopic (exact) mass is 319 g/mol. The van der Waals surface area contributed by atoms with Crippen LogP contribution in [0.3, 0.4) is 0 Å². The maximum absolute atomic E-state index is 12.1. The molecule has 0 aliphatic heterocycles. The van der Waals surface area contributed by atoms with E-state index in [-0.39, 0.29) is 11.2 Å². The molecule has 0 saturated heterocycles. The summed E-state index contributed by atoms with van der Waals surface area (Å²) in [5.41, 5.74) is 0.917. The van der Waals surface area contributed by atoms with Gasteiger partial charge in [0, 0.05) is 0 Å². The lowest BCUT2D eigenvalue weighted by atomic mass is 10.4. The fourth-order valence-electron chi connectivity index (χ4n) is 1.80. The first-order valence-electron chi connectivity index (χ1n) is 6.39. The van der Waals surface area contributed by atoms with Crippen molar-refractivity contribution in [1.82, 2.24) is 15.3 Å². The minimum absolute atomic E-state index is 0.0419. The number of thioether (sulfide) groups is 1. The lowest BCUT2D eigenvalue weighted by Crippen LogP contribution is -2.30. The summed E-state index contributed by atoms with van der Waals surface area (Å²) >= 11 is 3.03. The molecule has 0 fully saturated rings. The van der Waals surface area contributed by atoms with Crippen LogP contribution in [0.1, 0.15) is 12.7 Å². The third kappa shape index (κ3) is 3.25. The van der Waals surface area contributed by atoms with Crippen LogP contribution in [-0.4, -0.2) is 21.1 Å². The van der Waals surface area contributed by atoms with E-state index in [1.807, 2.05) is 24.4 Å². The van der Waals surface area contributed by atoms with Crippen LogP contribution in [0.25, 0.3) is 10.2 Å². The van der Waals surface area contributed by atoms with Gasteiger partial charge in [0.05, 0.1) is 28.3 Å². The molecule has 0 bridgehead atoms. The Labute approximate surface area is 129 Å². The van der Waals surface area contributed by atoms with Gasteiger partial charge in [0.15, 0.2) is 0 Å². The predicted octanol–water partition coefficient (Wildman–Crippen LogP) is 3.08. The highest BCUT2D eigenvalue weighted by Crippen LogP contribution is 2.31. The van der Waals surface area contributed by atoms with Crippen molar-refractivity contribution in [1.29, 1.82) is 0 Å². The van der Waals surface area contributed by atoms with Gasteiger partial charge in [0.2, 0.25) is 5.91 Å². The zero-order valence-corrected chi connectivity index (χ0v) is 12.9. The van der Waals surface area contributed by atoms with E-state index in [1.165, 1.54) is 18.1 Å². The van der Waals surface area contributed by atoms with Gasteiger partial charge < -0.3 is 9.73 Å². The van der Waals surface area contributed by atoms with Crippen molar-refractivity contribution < 1.29 is 9.21 Å². The number of furan rings is 1. The zero-order chi connectivity index (χ0) is 14.7. The molecule has 0 aromatic carbocycles. The topological polar surface area (TPSA) is 68.0 Å². The zero-order valence-electron chi connectivity index (χ0n) is 11.3. The Hall–Kier alpha value is -1.86. The number of aromatic nitrogens is 2. The summed E-state index contributed by atoms with van der Waals surface area (Å²) in [6, 6.07) is 5.58. The van der Waals surface area contributed by atoms with Gasteiger partial charge >= 0.3 is 0 Å². The van der Waals surface area contributed by atoms with Gasteiger partial charge in [-0.05, 0) is 30.5 Å². The van der Waals surface area contributed by atoms with E-state index in [2.05, 4.69) is 15.3 Å². The molecule has 1 N–H and O–H groups in total. The third-order valence-corrected chi connectivity index (χ3v) is 5.03. The smallest absolute Gasteiger partial charge is 0.233 e. The molecule has 1 atom stereocenters. The second kappa shape index (κ2) is 6.28. The molecule has 0 aliphatic rings. The van der Waals surface area contributed by atoms with Gasteiger partial charge in [-0.2, -0.15) is 0 Å². The van der Waals surface area contributed by atoms with E-state index in [4.69, 9.17) is 4.42 Å². The van der Waals surface area contributed by atoms with E-state index in [0.29, 0.717) is 6.54 Å². The number of hydrogen-bond acceptors (Lipinski definition) is 6. The molecule has 0 unspecified atom stereocenters. The Bertz CT molecular complexity index is 740. The molecular formula is C14H13N3O2S2. The molecule has 0 aliphatic carbocycles. The molecule has 3 aromatic heterocycles. The van der Waals surface area contributed by atoms with Crippen LogP contribution in [0.4, 0.5) is 0 Å². The largest absolute Gasteiger partial charge is 0.467 e. The summed E-state index contributed by atoms with van der Waals surface area (Å²) in [7, 11) is 0. The summed E-state index contributed by atoms with van der Waals surface area (Å²) in [6.07, 6.45) is 3.12. The van der Waals surface area contributed by atoms with Gasteiger partial charge in [-0.15, -0.1) is 11.3 Å². The normalized spacial score (nSPS) is 12.4. The van der Waals surface area contributed by atoms with Crippen LogP contribution < -0.4 is 5.32 Å². The lowest BCUT2D eigenvalue weighted by Gasteiger charge is -2.10. The van der Waals surface area contributed by atoms with Crippen LogP contribution in [0, 0.1) is 0 Å². The maximum Gasteiger partial charge on any atom is 0.233 e. The maximum atomic E-state index is 12.1. The Morgan fingerprint density at radius 3 is 3.19 bits per heavy atom. The summed E-state index contributed by atoms with van der Waals surface area (Å²) in [5.74, 6) is 0.697. The molecule has 0 radical (unpaired) electrons. The van der Waals surface area contributed by atoms with Crippen molar-refractivity contribution in [2.45, 2.75) is 23.7 Å². The molecule has 3 aromatic rings. The predicted molar refractivity (Wildman–Crippen MR) is 83.3 cm³/mol. The first-order valence-corrected chi connectivity index (χ1v) is 8.15. The van der Waals surface area contributed by atoms with Crippen molar-refractivity contribution in [2.24, 2.45) is 0 Å². The number of nitrogens with zero attached hydrogens (tertiary/aromatic N) is 2. The van der Waals surface area contributed by atoms with E-state index in [9.17, 15) is 4.79 Å². The molecular weight excluding hydrogens is 306 g/mol. The average molecular weight is 319 g/mol. The standard InChI is InChI=1S/C14H13N3O2S2/c1-9(13(18)15-7-10-3-2-5-19-10)21-14-12-11(4-6-20-12)16-8-17-14/h2-6,8-9H,7H2,1H3,(H,15,18)/t9-/m1/s1. The highest BCUT2D eigenvalue weighted by Gasteiger charge is 2.17. The molecule has 3 rings (SSSR count). The molecule has 1 amide bonds. The average Bonchev–Trinajstić information content (AvgIpc) is 3.16. The summed E-state index contributed by atoms with van der Waals surface area (Å²) in [5, 5.41) is 5.44. The fraction of sp³-hybridized carbons (Fsp3) is 0.214. The minimum atomic E-state index is -0.236. The molecule has 108 valence electrons. The lowest BCUT2D eigenvalue weighted by molar-refractivity contribution is -0.120. The molecule has 21 heavy (non-hydrogen) atoms. The summed E-state index contributed by atoms with van der Waals surface area (Å²) in [6.45, 7) is 2.26. The van der Waals surface area contributed by atoms with Crippen LogP contribution in [0.15, 0.2) is 45.6 Å². The van der Waals surface area contributed by atoms with Crippen LogP contribution in [0.5, 0.6) is 0 Å². The number of carbonyl (C=O) groups excluding carboxylic acids is 1. The third-order valence-electron chi connectivity index (χ3n) is 2.89. The second-order valence-electron chi connectivity index (χ2n) is 4.37. The van der Waals surface area contributed by atoms with Crippen molar-refractivity contribution in [3.63, 3.8) is 0 Å². The second-order valence-corrected chi connectivity index (χ2v) is 6.62. The summed E-state index contributed by atoms with van der Waals surface area (Å²) in [4.78, 5) is 20.6. The van der Waals surface area contributed by atoms with Crippen LogP contribution in [0.2, 0.25) is 0 Å². The number of rotatable bonds is 5. The number of fused-ring (bicyclic) bond motifs is 1. The Balaban J connectivity index is 1.64. The van der Waals surface area contributed by atoms with E-state index in [1.54, 1.807) is 23.7 Å². The first-order chi connectivity index (χ1) is 10.2. The van der Waals surface area contributed by atoms with Gasteiger partial charge in [-0.1, -0.05) is 11.8 Å². The SMILES string of the molecule is C[C@@H](Sc1ncnc2ccsc12)C(=O)NCc1ccco1. The first kappa shape index (κ1) is 14.1. The molecule has 0 spiro atoms. The highest BCUT2D eigenvalue weighted by atomic mass is 32.2. The molecule has 5 nitrogen and oxygen atoms in total. The van der Waals surface area contributed by atoms with Gasteiger partial charge in [0.1, 0.15) is 17.1 Å². The van der Waals surface area contributed by atoms with Gasteiger partial charge in [-0.3, -0.25) is 4.79 Å². The van der Waals surface area contributed by atoms with Crippen molar-refractivity contribution in [2.75, 3.05) is 0 Å². The number of thiophene rings is 1. The fourth-order valence-corrected chi connectivity index (χ4v) is 3.66. The van der Waals surface area contributed by atoms with Crippen LogP contribution >= 0.6 is 23.1 Å². The van der Waals surface area contributed by atoms with Crippen molar-refractivity contribution in [3.8, 4) is 0 Å². The van der Waals surface area contributed by atoms with Gasteiger partial charge in [0.25, 0.3) is 0 Å². The Morgan fingerprint density at radius 1 is 1.48 bits per heavy atom. The minimum Gasteiger partial charge on any atom is -0.467 e. The highest BCUT2D eigenvalue weighted by molar-refractivity contribution is 8.00. The Morgan fingerprint density at radius 2 is 2.38 bits per heavy atom. The number of hydrogen-bond donors (Lipinski definition) is 1. The molecule has 0 saturated carbocycles. The molecule has 7 heteroatoms. The summed E-state index contributed by atoms with van der Waals surface area (Å²) < 4.78 is 6.21.